The Bertz CT molecular complexity index is 768. The molecule has 0 saturated heterocycles. The average Bonchev–Trinajstić information content (AvgIpc) is 2.60. The molecule has 0 unspecified atom stereocenters. The third-order valence-electron chi connectivity index (χ3n) is 3.57. The predicted octanol–water partition coefficient (Wildman–Crippen LogP) is 3.59. The standard InChI is InChI=1S/C19H19IN2O3/c1-22(2)19(25)14-5-9-16(10-6-14)21-18(24)12-11-17(23)13-3-7-15(20)8-4-13/h3-10H,11-12H2,1-2H3,(H,21,24). The van der Waals surface area contributed by atoms with Crippen LogP contribution < -0.4 is 5.32 Å². The molecule has 2 rings (SSSR count). The topological polar surface area (TPSA) is 66.5 Å². The summed E-state index contributed by atoms with van der Waals surface area (Å²) in [6, 6.07) is 13.9. The molecule has 0 heterocycles. The van der Waals surface area contributed by atoms with Crippen LogP contribution in [0.1, 0.15) is 33.6 Å². The van der Waals surface area contributed by atoms with Gasteiger partial charge in [0.2, 0.25) is 5.91 Å². The second-order valence-electron chi connectivity index (χ2n) is 5.76. The minimum absolute atomic E-state index is 0.0570. The molecule has 5 nitrogen and oxygen atoms in total. The van der Waals surface area contributed by atoms with Crippen LogP contribution in [0.4, 0.5) is 5.69 Å². The van der Waals surface area contributed by atoms with E-state index in [2.05, 4.69) is 27.9 Å². The lowest BCUT2D eigenvalue weighted by atomic mass is 10.1. The fourth-order valence-corrected chi connectivity index (χ4v) is 2.54. The van der Waals surface area contributed by atoms with Crippen LogP contribution in [0.2, 0.25) is 0 Å². The Labute approximate surface area is 160 Å². The number of hydrogen-bond donors (Lipinski definition) is 1. The first-order valence-electron chi connectivity index (χ1n) is 7.77. The number of carbonyl (C=O) groups excluding carboxylic acids is 3. The second kappa shape index (κ2) is 8.75. The van der Waals surface area contributed by atoms with Crippen molar-refractivity contribution in [2.75, 3.05) is 19.4 Å². The largest absolute Gasteiger partial charge is 0.345 e. The minimum atomic E-state index is -0.231. The number of nitrogens with one attached hydrogen (secondary N) is 1. The summed E-state index contributed by atoms with van der Waals surface area (Å²) in [6.45, 7) is 0. The molecule has 0 aliphatic heterocycles. The van der Waals surface area contributed by atoms with Gasteiger partial charge < -0.3 is 10.2 Å². The zero-order valence-electron chi connectivity index (χ0n) is 14.1. The van der Waals surface area contributed by atoms with Gasteiger partial charge in [0.05, 0.1) is 0 Å². The Hall–Kier alpha value is -2.22. The first-order chi connectivity index (χ1) is 11.9. The van der Waals surface area contributed by atoms with Gasteiger partial charge in [-0.1, -0.05) is 12.1 Å². The van der Waals surface area contributed by atoms with E-state index < -0.39 is 0 Å². The Morgan fingerprint density at radius 1 is 0.880 bits per heavy atom. The first kappa shape index (κ1) is 19.1. The fourth-order valence-electron chi connectivity index (χ4n) is 2.19. The average molecular weight is 450 g/mol. The highest BCUT2D eigenvalue weighted by molar-refractivity contribution is 14.1. The summed E-state index contributed by atoms with van der Waals surface area (Å²) in [5, 5.41) is 2.74. The normalized spacial score (nSPS) is 10.2. The highest BCUT2D eigenvalue weighted by Crippen LogP contribution is 2.13. The summed E-state index contributed by atoms with van der Waals surface area (Å²) < 4.78 is 1.06. The smallest absolute Gasteiger partial charge is 0.253 e. The number of benzene rings is 2. The van der Waals surface area contributed by atoms with Gasteiger partial charge in [0, 0.05) is 47.3 Å². The lowest BCUT2D eigenvalue weighted by Crippen LogP contribution is -2.21. The van der Waals surface area contributed by atoms with E-state index in [1.165, 1.54) is 4.90 Å². The molecule has 6 heteroatoms. The van der Waals surface area contributed by atoms with Gasteiger partial charge >= 0.3 is 0 Å². The van der Waals surface area contributed by atoms with E-state index in [1.807, 2.05) is 12.1 Å². The SMILES string of the molecule is CN(C)C(=O)c1ccc(NC(=O)CCC(=O)c2ccc(I)cc2)cc1. The van der Waals surface area contributed by atoms with Crippen molar-refractivity contribution in [2.24, 2.45) is 0 Å². The maximum absolute atomic E-state index is 12.1. The number of Topliss-reactive ketones (excluding diaryl/α,β-unsaturated/α-hetero) is 1. The minimum Gasteiger partial charge on any atom is -0.345 e. The number of anilines is 1. The molecule has 0 spiro atoms. The van der Waals surface area contributed by atoms with Crippen LogP contribution in [0.5, 0.6) is 0 Å². The molecule has 0 bridgehead atoms. The van der Waals surface area contributed by atoms with E-state index in [0.717, 1.165) is 3.57 Å². The third-order valence-corrected chi connectivity index (χ3v) is 4.29. The van der Waals surface area contributed by atoms with Gasteiger partial charge in [-0.05, 0) is 59.0 Å². The molecule has 0 saturated carbocycles. The molecule has 130 valence electrons. The van der Waals surface area contributed by atoms with Crippen LogP contribution in [0.25, 0.3) is 0 Å². The first-order valence-corrected chi connectivity index (χ1v) is 8.85. The van der Waals surface area contributed by atoms with Crippen molar-refractivity contribution >= 4 is 45.9 Å². The van der Waals surface area contributed by atoms with Crippen LogP contribution in [0, 0.1) is 3.57 Å². The van der Waals surface area contributed by atoms with E-state index >= 15 is 0 Å². The lowest BCUT2D eigenvalue weighted by molar-refractivity contribution is -0.116. The van der Waals surface area contributed by atoms with Crippen LogP contribution in [0.15, 0.2) is 48.5 Å². The molecular weight excluding hydrogens is 431 g/mol. The molecule has 2 aromatic rings. The van der Waals surface area contributed by atoms with Crippen molar-refractivity contribution < 1.29 is 14.4 Å². The number of rotatable bonds is 6. The third kappa shape index (κ3) is 5.67. The van der Waals surface area contributed by atoms with Crippen LogP contribution >= 0.6 is 22.6 Å². The van der Waals surface area contributed by atoms with Gasteiger partial charge in [-0.3, -0.25) is 14.4 Å². The molecule has 1 N–H and O–H groups in total. The van der Waals surface area contributed by atoms with Crippen molar-refractivity contribution in [2.45, 2.75) is 12.8 Å². The maximum Gasteiger partial charge on any atom is 0.253 e. The molecule has 2 amide bonds. The summed E-state index contributed by atoms with van der Waals surface area (Å²) in [4.78, 5) is 37.4. The molecule has 25 heavy (non-hydrogen) atoms. The summed E-state index contributed by atoms with van der Waals surface area (Å²) in [5.74, 6) is -0.384. The van der Waals surface area contributed by atoms with Crippen LogP contribution in [-0.2, 0) is 4.79 Å². The molecule has 2 aromatic carbocycles. The Morgan fingerprint density at radius 3 is 2.00 bits per heavy atom. The molecule has 0 fully saturated rings. The number of amides is 2. The molecule has 0 aliphatic carbocycles. The highest BCUT2D eigenvalue weighted by Gasteiger charge is 2.11. The number of halogens is 1. The van der Waals surface area contributed by atoms with Crippen molar-refractivity contribution in [3.63, 3.8) is 0 Å². The monoisotopic (exact) mass is 450 g/mol. The Balaban J connectivity index is 1.86. The van der Waals surface area contributed by atoms with Crippen molar-refractivity contribution in [1.29, 1.82) is 0 Å². The van der Waals surface area contributed by atoms with Gasteiger partial charge in [0.15, 0.2) is 5.78 Å². The van der Waals surface area contributed by atoms with Crippen molar-refractivity contribution in [3.05, 3.63) is 63.2 Å². The Kier molecular flexibility index (Phi) is 6.69. The molecule has 0 aromatic heterocycles. The van der Waals surface area contributed by atoms with Gasteiger partial charge in [0.1, 0.15) is 0 Å². The quantitative estimate of drug-likeness (QED) is 0.541. The van der Waals surface area contributed by atoms with Crippen molar-refractivity contribution in [3.8, 4) is 0 Å². The predicted molar refractivity (Wildman–Crippen MR) is 106 cm³/mol. The maximum atomic E-state index is 12.1. The van der Waals surface area contributed by atoms with E-state index in [0.29, 0.717) is 16.8 Å². The number of ketones is 1. The number of nitrogens with zero attached hydrogens (tertiary/aromatic N) is 1. The zero-order chi connectivity index (χ0) is 18.4. The van der Waals surface area contributed by atoms with E-state index in [4.69, 9.17) is 0 Å². The number of hydrogen-bond acceptors (Lipinski definition) is 3. The molecule has 0 aliphatic rings. The van der Waals surface area contributed by atoms with Gasteiger partial charge in [-0.15, -0.1) is 0 Å². The van der Waals surface area contributed by atoms with E-state index in [-0.39, 0.29) is 30.4 Å². The Morgan fingerprint density at radius 2 is 1.44 bits per heavy atom. The van der Waals surface area contributed by atoms with Gasteiger partial charge in [-0.2, -0.15) is 0 Å². The summed E-state index contributed by atoms with van der Waals surface area (Å²) in [7, 11) is 3.37. The summed E-state index contributed by atoms with van der Waals surface area (Å²) in [6.07, 6.45) is 0.271. The number of carbonyl (C=O) groups is 3. The van der Waals surface area contributed by atoms with Gasteiger partial charge in [0.25, 0.3) is 5.91 Å². The fraction of sp³-hybridized carbons (Fsp3) is 0.211. The van der Waals surface area contributed by atoms with Crippen LogP contribution in [0.3, 0.4) is 0 Å². The zero-order valence-corrected chi connectivity index (χ0v) is 16.2. The molecule has 0 atom stereocenters. The van der Waals surface area contributed by atoms with E-state index in [1.54, 1.807) is 50.5 Å². The summed E-state index contributed by atoms with van der Waals surface area (Å²) in [5.41, 5.74) is 1.76. The lowest BCUT2D eigenvalue weighted by Gasteiger charge is -2.11. The molecule has 0 radical (unpaired) electrons. The summed E-state index contributed by atoms with van der Waals surface area (Å²) >= 11 is 2.17. The van der Waals surface area contributed by atoms with E-state index in [9.17, 15) is 14.4 Å². The van der Waals surface area contributed by atoms with Gasteiger partial charge in [-0.25, -0.2) is 0 Å². The van der Waals surface area contributed by atoms with Crippen molar-refractivity contribution in [1.82, 2.24) is 4.90 Å². The molecular formula is C19H19IN2O3. The van der Waals surface area contributed by atoms with Crippen LogP contribution in [-0.4, -0.2) is 36.6 Å². The second-order valence-corrected chi connectivity index (χ2v) is 7.00. The highest BCUT2D eigenvalue weighted by atomic mass is 127.